The smallest absolute Gasteiger partial charge is 0.127 e. The Labute approximate surface area is 122 Å². The largest absolute Gasteiger partial charge is 0.303 e. The van der Waals surface area contributed by atoms with E-state index in [2.05, 4.69) is 29.8 Å². The van der Waals surface area contributed by atoms with E-state index in [9.17, 15) is 4.79 Å². The van der Waals surface area contributed by atoms with Gasteiger partial charge in [0.25, 0.3) is 0 Å². The molecule has 0 aromatic carbocycles. The maximum atomic E-state index is 11.7. The molecule has 0 bridgehead atoms. The predicted octanol–water partition coefficient (Wildman–Crippen LogP) is 3.30. The van der Waals surface area contributed by atoms with Crippen LogP contribution in [0.2, 0.25) is 0 Å². The van der Waals surface area contributed by atoms with Gasteiger partial charge in [-0.3, -0.25) is 9.88 Å². The first-order chi connectivity index (χ1) is 9.67. The van der Waals surface area contributed by atoms with E-state index >= 15 is 0 Å². The van der Waals surface area contributed by atoms with Crippen LogP contribution in [0, 0.1) is 11.3 Å². The van der Waals surface area contributed by atoms with Crippen molar-refractivity contribution < 1.29 is 4.79 Å². The summed E-state index contributed by atoms with van der Waals surface area (Å²) in [5, 5.41) is 0. The highest BCUT2D eigenvalue weighted by molar-refractivity contribution is 5.60. The van der Waals surface area contributed by atoms with Gasteiger partial charge in [0.05, 0.1) is 5.69 Å². The third-order valence-electron chi connectivity index (χ3n) is 4.47. The van der Waals surface area contributed by atoms with Gasteiger partial charge in [-0.25, -0.2) is 0 Å². The van der Waals surface area contributed by atoms with Crippen molar-refractivity contribution in [1.82, 2.24) is 9.88 Å². The summed E-state index contributed by atoms with van der Waals surface area (Å²) in [6.07, 6.45) is 7.59. The molecule has 0 radical (unpaired) electrons. The Bertz CT molecular complexity index is 420. The molecule has 0 aliphatic heterocycles. The van der Waals surface area contributed by atoms with Crippen LogP contribution in [0.1, 0.15) is 45.2 Å². The van der Waals surface area contributed by atoms with Gasteiger partial charge in [-0.05, 0) is 37.4 Å². The summed E-state index contributed by atoms with van der Waals surface area (Å²) in [7, 11) is 0. The van der Waals surface area contributed by atoms with Crippen molar-refractivity contribution in [3.8, 4) is 0 Å². The number of hydrogen-bond acceptors (Lipinski definition) is 3. The summed E-state index contributed by atoms with van der Waals surface area (Å²) >= 11 is 0. The lowest BCUT2D eigenvalue weighted by Gasteiger charge is -2.39. The van der Waals surface area contributed by atoms with E-state index in [0.717, 1.165) is 38.2 Å². The molecule has 1 aliphatic rings. The fourth-order valence-electron chi connectivity index (χ4n) is 3.43. The second-order valence-corrected chi connectivity index (χ2v) is 6.31. The molecular formula is C17H26N2O. The van der Waals surface area contributed by atoms with Gasteiger partial charge in [0.15, 0.2) is 0 Å². The van der Waals surface area contributed by atoms with Crippen LogP contribution < -0.4 is 0 Å². The van der Waals surface area contributed by atoms with Crippen molar-refractivity contribution >= 4 is 6.29 Å². The Balaban J connectivity index is 2.02. The fraction of sp³-hybridized carbons (Fsp3) is 0.647. The minimum Gasteiger partial charge on any atom is -0.303 e. The summed E-state index contributed by atoms with van der Waals surface area (Å²) in [4.78, 5) is 18.4. The molecule has 110 valence electrons. The second kappa shape index (κ2) is 6.98. The van der Waals surface area contributed by atoms with Crippen LogP contribution in [0.3, 0.4) is 0 Å². The maximum Gasteiger partial charge on any atom is 0.127 e. The molecule has 1 saturated carbocycles. The second-order valence-electron chi connectivity index (χ2n) is 6.31. The number of hydrogen-bond donors (Lipinski definition) is 0. The Hall–Kier alpha value is -1.22. The van der Waals surface area contributed by atoms with Gasteiger partial charge in [-0.2, -0.15) is 0 Å². The summed E-state index contributed by atoms with van der Waals surface area (Å²) in [5.41, 5.74) is 0.946. The highest BCUT2D eigenvalue weighted by atomic mass is 16.1. The number of nitrogens with zero attached hydrogens (tertiary/aromatic N) is 2. The van der Waals surface area contributed by atoms with Gasteiger partial charge in [0.2, 0.25) is 0 Å². The van der Waals surface area contributed by atoms with Crippen molar-refractivity contribution in [3.63, 3.8) is 0 Å². The molecule has 3 heteroatoms. The topological polar surface area (TPSA) is 33.2 Å². The van der Waals surface area contributed by atoms with E-state index in [-0.39, 0.29) is 5.41 Å². The summed E-state index contributed by atoms with van der Waals surface area (Å²) in [6, 6.07) is 6.02. The molecule has 2 unspecified atom stereocenters. The Morgan fingerprint density at radius 3 is 2.95 bits per heavy atom. The molecule has 1 aromatic rings. The lowest BCUT2D eigenvalue weighted by atomic mass is 9.70. The van der Waals surface area contributed by atoms with Crippen LogP contribution in [-0.2, 0) is 11.3 Å². The van der Waals surface area contributed by atoms with E-state index in [4.69, 9.17) is 0 Å². The monoisotopic (exact) mass is 274 g/mol. The molecule has 0 saturated heterocycles. The molecule has 0 spiro atoms. The molecule has 3 nitrogen and oxygen atoms in total. The van der Waals surface area contributed by atoms with E-state index < -0.39 is 0 Å². The standard InChI is InChI=1S/C17H26N2O/c1-3-19(12-16-8-4-5-10-18-16)13-17(14-20)9-6-7-15(2)11-17/h4-5,8,10,14-15H,3,6-7,9,11-13H2,1-2H3. The lowest BCUT2D eigenvalue weighted by Crippen LogP contribution is -2.41. The highest BCUT2D eigenvalue weighted by Gasteiger charge is 2.36. The van der Waals surface area contributed by atoms with Crippen molar-refractivity contribution in [1.29, 1.82) is 0 Å². The van der Waals surface area contributed by atoms with Crippen LogP contribution in [0.25, 0.3) is 0 Å². The quantitative estimate of drug-likeness (QED) is 0.746. The molecular weight excluding hydrogens is 248 g/mol. The first kappa shape index (κ1) is 15.2. The van der Waals surface area contributed by atoms with Crippen LogP contribution in [0.4, 0.5) is 0 Å². The molecule has 1 fully saturated rings. The SMILES string of the molecule is CCN(Cc1ccccn1)CC1(C=O)CCCC(C)C1. The van der Waals surface area contributed by atoms with Crippen molar-refractivity contribution in [3.05, 3.63) is 30.1 Å². The molecule has 1 aromatic heterocycles. The Morgan fingerprint density at radius 1 is 1.50 bits per heavy atom. The average Bonchev–Trinajstić information content (AvgIpc) is 2.47. The number of aromatic nitrogens is 1. The van der Waals surface area contributed by atoms with Gasteiger partial charge in [0, 0.05) is 24.7 Å². The van der Waals surface area contributed by atoms with Gasteiger partial charge < -0.3 is 4.79 Å². The van der Waals surface area contributed by atoms with E-state index in [1.807, 2.05) is 18.3 Å². The predicted molar refractivity (Wildman–Crippen MR) is 81.3 cm³/mol. The fourth-order valence-corrected chi connectivity index (χ4v) is 3.43. The maximum absolute atomic E-state index is 11.7. The highest BCUT2D eigenvalue weighted by Crippen LogP contribution is 2.38. The molecule has 20 heavy (non-hydrogen) atoms. The normalized spacial score (nSPS) is 26.6. The van der Waals surface area contributed by atoms with Crippen molar-refractivity contribution in [2.45, 2.75) is 46.1 Å². The third kappa shape index (κ3) is 3.89. The summed E-state index contributed by atoms with van der Waals surface area (Å²) in [5.74, 6) is 0.669. The van der Waals surface area contributed by atoms with Gasteiger partial charge in [-0.15, -0.1) is 0 Å². The van der Waals surface area contributed by atoms with Gasteiger partial charge in [-0.1, -0.05) is 32.8 Å². The minimum atomic E-state index is -0.136. The van der Waals surface area contributed by atoms with Gasteiger partial charge >= 0.3 is 0 Å². The molecule has 2 atom stereocenters. The minimum absolute atomic E-state index is 0.136. The number of rotatable bonds is 6. The Kier molecular flexibility index (Phi) is 5.30. The zero-order valence-electron chi connectivity index (χ0n) is 12.7. The number of aldehydes is 1. The molecule has 0 N–H and O–H groups in total. The zero-order valence-corrected chi connectivity index (χ0v) is 12.7. The van der Waals surface area contributed by atoms with E-state index in [1.54, 1.807) is 0 Å². The molecule has 2 rings (SSSR count). The van der Waals surface area contributed by atoms with Crippen LogP contribution in [-0.4, -0.2) is 29.3 Å². The third-order valence-corrected chi connectivity index (χ3v) is 4.47. The van der Waals surface area contributed by atoms with Gasteiger partial charge in [0.1, 0.15) is 6.29 Å². The lowest BCUT2D eigenvalue weighted by molar-refractivity contribution is -0.120. The Morgan fingerprint density at radius 2 is 2.35 bits per heavy atom. The summed E-state index contributed by atoms with van der Waals surface area (Å²) in [6.45, 7) is 7.09. The van der Waals surface area contributed by atoms with Crippen molar-refractivity contribution in [2.24, 2.45) is 11.3 Å². The molecule has 1 heterocycles. The van der Waals surface area contributed by atoms with Crippen LogP contribution >= 0.6 is 0 Å². The first-order valence-corrected chi connectivity index (χ1v) is 7.76. The molecule has 1 aliphatic carbocycles. The number of pyridine rings is 1. The average molecular weight is 274 g/mol. The number of carbonyl (C=O) groups excluding carboxylic acids is 1. The summed E-state index contributed by atoms with van der Waals surface area (Å²) < 4.78 is 0. The first-order valence-electron chi connectivity index (χ1n) is 7.76. The van der Waals surface area contributed by atoms with Crippen LogP contribution in [0.5, 0.6) is 0 Å². The van der Waals surface area contributed by atoms with E-state index in [1.165, 1.54) is 19.1 Å². The van der Waals surface area contributed by atoms with Crippen LogP contribution in [0.15, 0.2) is 24.4 Å². The van der Waals surface area contributed by atoms with E-state index in [0.29, 0.717) is 5.92 Å². The molecule has 0 amide bonds. The number of carbonyl (C=O) groups is 1. The van der Waals surface area contributed by atoms with Crippen molar-refractivity contribution in [2.75, 3.05) is 13.1 Å². The zero-order chi connectivity index (χ0) is 14.4.